The maximum Gasteiger partial charge on any atom is 0.347 e. The van der Waals surface area contributed by atoms with E-state index in [1.165, 1.54) is 0 Å². The predicted molar refractivity (Wildman–Crippen MR) is 51.8 cm³/mol. The van der Waals surface area contributed by atoms with E-state index in [0.29, 0.717) is 0 Å². The van der Waals surface area contributed by atoms with E-state index in [0.717, 1.165) is 0 Å². The summed E-state index contributed by atoms with van der Waals surface area (Å²) in [7, 11) is -3.99. The van der Waals surface area contributed by atoms with Gasteiger partial charge < -0.3 is 25.4 Å². The molecule has 1 unspecified atom stereocenters. The second-order valence-electron chi connectivity index (χ2n) is 2.99. The van der Waals surface area contributed by atoms with Crippen LogP contribution in [0.1, 0.15) is 19.8 Å². The topological polar surface area (TPSA) is 113 Å². The monoisotopic (exact) mass is 227 g/mol. The van der Waals surface area contributed by atoms with E-state index in [4.69, 9.17) is 15.9 Å². The zero-order valence-corrected chi connectivity index (χ0v) is 9.11. The highest BCUT2D eigenvalue weighted by molar-refractivity contribution is 7.54. The lowest BCUT2D eigenvalue weighted by Crippen LogP contribution is -2.42. The number of aliphatic hydroxyl groups is 2. The lowest BCUT2D eigenvalue weighted by molar-refractivity contribution is 0.187. The highest BCUT2D eigenvalue weighted by Gasteiger charge is 2.44. The van der Waals surface area contributed by atoms with Gasteiger partial charge in [0, 0.05) is 26.1 Å². The third kappa shape index (κ3) is 3.31. The minimum atomic E-state index is -3.99. The molecule has 0 saturated carbocycles. The summed E-state index contributed by atoms with van der Waals surface area (Å²) in [5, 5.41) is 15.9. The molecule has 1 atom stereocenters. The molecular weight excluding hydrogens is 209 g/mol. The van der Waals surface area contributed by atoms with Gasteiger partial charge in [0.25, 0.3) is 0 Å². The van der Waals surface area contributed by atoms with Gasteiger partial charge in [-0.15, -0.1) is 0 Å². The number of aliphatic hydroxyl groups excluding tert-OH is 2. The van der Waals surface area contributed by atoms with Crippen LogP contribution < -0.4 is 5.73 Å². The summed E-state index contributed by atoms with van der Waals surface area (Å²) >= 11 is 0. The Kier molecular flexibility index (Phi) is 5.81. The molecule has 5 N–H and O–H groups in total. The Morgan fingerprint density at radius 1 is 1.36 bits per heavy atom. The van der Waals surface area contributed by atoms with Gasteiger partial charge in [0.15, 0.2) is 0 Å². The van der Waals surface area contributed by atoms with Crippen molar-refractivity contribution in [3.63, 3.8) is 0 Å². The molecule has 0 fully saturated rings. The van der Waals surface area contributed by atoms with Crippen molar-refractivity contribution < 1.29 is 24.2 Å². The molecule has 0 aliphatic rings. The van der Waals surface area contributed by atoms with Gasteiger partial charge in [0.1, 0.15) is 5.28 Å². The Balaban J connectivity index is 4.69. The van der Waals surface area contributed by atoms with Gasteiger partial charge in [-0.2, -0.15) is 0 Å². The van der Waals surface area contributed by atoms with Gasteiger partial charge in [-0.1, -0.05) is 0 Å². The van der Waals surface area contributed by atoms with Crippen LogP contribution in [0.3, 0.4) is 0 Å². The highest BCUT2D eigenvalue weighted by Crippen LogP contribution is 2.55. The molecule has 0 amide bonds. The zero-order valence-electron chi connectivity index (χ0n) is 8.22. The Bertz CT molecular complexity index is 204. The second kappa shape index (κ2) is 5.80. The van der Waals surface area contributed by atoms with Crippen LogP contribution >= 0.6 is 7.60 Å². The van der Waals surface area contributed by atoms with Crippen molar-refractivity contribution in [2.24, 2.45) is 5.73 Å². The van der Waals surface area contributed by atoms with Crippen molar-refractivity contribution in [1.29, 1.82) is 0 Å². The Labute approximate surface area is 83.2 Å². The van der Waals surface area contributed by atoms with Gasteiger partial charge in [-0.25, -0.2) is 0 Å². The first-order valence-electron chi connectivity index (χ1n) is 4.41. The molecule has 0 radical (unpaired) electrons. The third-order valence-corrected chi connectivity index (χ3v) is 4.14. The van der Waals surface area contributed by atoms with Crippen LogP contribution in [0.5, 0.6) is 0 Å². The van der Waals surface area contributed by atoms with Crippen molar-refractivity contribution in [2.45, 2.75) is 25.0 Å². The molecular formula is C7H18NO5P. The molecule has 0 aliphatic heterocycles. The molecule has 0 aromatic carbocycles. The van der Waals surface area contributed by atoms with Crippen molar-refractivity contribution in [3.8, 4) is 0 Å². The number of hydrogen-bond acceptors (Lipinski definition) is 5. The smallest absolute Gasteiger partial charge is 0.347 e. The summed E-state index contributed by atoms with van der Waals surface area (Å²) in [6, 6.07) is 0. The average Bonchev–Trinajstić information content (AvgIpc) is 2.04. The first-order chi connectivity index (χ1) is 6.43. The SMILES string of the molecule is CCOP(=O)(O)C(N)(CCO)CCO. The maximum atomic E-state index is 11.6. The number of rotatable bonds is 7. The molecule has 6 nitrogen and oxygen atoms in total. The Morgan fingerprint density at radius 3 is 2.07 bits per heavy atom. The molecule has 7 heteroatoms. The van der Waals surface area contributed by atoms with E-state index < -0.39 is 12.9 Å². The van der Waals surface area contributed by atoms with Gasteiger partial charge in [0.05, 0.1) is 6.61 Å². The van der Waals surface area contributed by atoms with Gasteiger partial charge in [-0.05, 0) is 6.92 Å². The van der Waals surface area contributed by atoms with E-state index >= 15 is 0 Å². The first-order valence-corrected chi connectivity index (χ1v) is 5.99. The first kappa shape index (κ1) is 14.0. The van der Waals surface area contributed by atoms with E-state index in [9.17, 15) is 9.46 Å². The molecule has 0 aromatic rings. The molecule has 0 bridgehead atoms. The summed E-state index contributed by atoms with van der Waals surface area (Å²) < 4.78 is 16.3. The molecule has 14 heavy (non-hydrogen) atoms. The van der Waals surface area contributed by atoms with Crippen molar-refractivity contribution in [3.05, 3.63) is 0 Å². The van der Waals surface area contributed by atoms with Crippen LogP contribution in [-0.2, 0) is 9.09 Å². The van der Waals surface area contributed by atoms with E-state index in [1.54, 1.807) is 6.92 Å². The maximum absolute atomic E-state index is 11.6. The standard InChI is InChI=1S/C7H18NO5P/c1-2-13-14(11,12)7(8,3-5-9)4-6-10/h9-10H,2-6,8H2,1H3,(H,11,12). The van der Waals surface area contributed by atoms with Crippen LogP contribution in [0.2, 0.25) is 0 Å². The highest BCUT2D eigenvalue weighted by atomic mass is 31.2. The quantitative estimate of drug-likeness (QED) is 0.441. The van der Waals surface area contributed by atoms with Crippen molar-refractivity contribution in [2.75, 3.05) is 19.8 Å². The normalized spacial score (nSPS) is 16.6. The summed E-state index contributed by atoms with van der Waals surface area (Å²) in [5.74, 6) is 0. The van der Waals surface area contributed by atoms with Gasteiger partial charge in [-0.3, -0.25) is 4.57 Å². The molecule has 0 aromatic heterocycles. The Hall–Kier alpha value is 0.0300. The second-order valence-corrected chi connectivity index (χ2v) is 5.18. The van der Waals surface area contributed by atoms with E-state index in [-0.39, 0.29) is 32.7 Å². The minimum absolute atomic E-state index is 0.0591. The third-order valence-electron chi connectivity index (χ3n) is 1.96. The van der Waals surface area contributed by atoms with Crippen molar-refractivity contribution in [1.82, 2.24) is 0 Å². The molecule has 0 saturated heterocycles. The lowest BCUT2D eigenvalue weighted by atomic mass is 10.1. The van der Waals surface area contributed by atoms with Gasteiger partial charge >= 0.3 is 7.60 Å². The molecule has 0 spiro atoms. The zero-order chi connectivity index (χ0) is 11.2. The molecule has 0 rings (SSSR count). The minimum Gasteiger partial charge on any atom is -0.396 e. The van der Waals surface area contributed by atoms with Gasteiger partial charge in [0.2, 0.25) is 0 Å². The largest absolute Gasteiger partial charge is 0.396 e. The fourth-order valence-corrected chi connectivity index (χ4v) is 2.47. The molecule has 0 heterocycles. The Morgan fingerprint density at radius 2 is 1.79 bits per heavy atom. The summed E-state index contributed by atoms with van der Waals surface area (Å²) in [4.78, 5) is 9.48. The summed E-state index contributed by atoms with van der Waals surface area (Å²) in [6.07, 6.45) is -0.164. The fourth-order valence-electron chi connectivity index (χ4n) is 1.10. The number of nitrogens with two attached hydrogens (primary N) is 1. The van der Waals surface area contributed by atoms with Crippen LogP contribution in [0.4, 0.5) is 0 Å². The van der Waals surface area contributed by atoms with Crippen molar-refractivity contribution >= 4 is 7.60 Å². The van der Waals surface area contributed by atoms with Crippen LogP contribution in [0.25, 0.3) is 0 Å². The summed E-state index contributed by atoms with van der Waals surface area (Å²) in [6.45, 7) is 0.979. The lowest BCUT2D eigenvalue weighted by Gasteiger charge is -2.31. The molecule has 86 valence electrons. The van der Waals surface area contributed by atoms with Crippen LogP contribution in [-0.4, -0.2) is 40.2 Å². The summed E-state index contributed by atoms with van der Waals surface area (Å²) in [5.41, 5.74) is 5.62. The van der Waals surface area contributed by atoms with E-state index in [1.807, 2.05) is 0 Å². The van der Waals surface area contributed by atoms with Crippen LogP contribution in [0, 0.1) is 0 Å². The fraction of sp³-hybridized carbons (Fsp3) is 1.00. The number of hydrogen-bond donors (Lipinski definition) is 4. The predicted octanol–water partition coefficient (Wildman–Crippen LogP) is -0.372. The molecule has 0 aliphatic carbocycles. The van der Waals surface area contributed by atoms with Crippen LogP contribution in [0.15, 0.2) is 0 Å². The van der Waals surface area contributed by atoms with E-state index in [2.05, 4.69) is 4.52 Å². The average molecular weight is 227 g/mol.